The van der Waals surface area contributed by atoms with Crippen LogP contribution in [0.25, 0.3) is 11.1 Å². The lowest BCUT2D eigenvalue weighted by molar-refractivity contribution is -0.108. The zero-order valence-electron chi connectivity index (χ0n) is 23.4. The minimum atomic E-state index is -0.518. The van der Waals surface area contributed by atoms with Crippen molar-refractivity contribution in [2.75, 3.05) is 13.7 Å². The number of ether oxygens (including phenoxy) is 1. The van der Waals surface area contributed by atoms with Crippen LogP contribution in [0.15, 0.2) is 103 Å². The third kappa shape index (κ3) is 9.38. The Balaban J connectivity index is 0.00000127. The van der Waals surface area contributed by atoms with Gasteiger partial charge in [0.2, 0.25) is 0 Å². The van der Waals surface area contributed by atoms with Gasteiger partial charge in [-0.25, -0.2) is 4.79 Å². The number of hydrogen-bond acceptors (Lipinski definition) is 4. The molecule has 0 bridgehead atoms. The lowest BCUT2D eigenvalue weighted by atomic mass is 9.84. The molecule has 3 aromatic carbocycles. The van der Waals surface area contributed by atoms with Crippen molar-refractivity contribution in [1.29, 1.82) is 0 Å². The molecule has 0 saturated carbocycles. The Morgan fingerprint density at radius 2 is 1.59 bits per heavy atom. The van der Waals surface area contributed by atoms with Crippen molar-refractivity contribution in [2.24, 2.45) is 5.92 Å². The van der Waals surface area contributed by atoms with Crippen LogP contribution in [0, 0.1) is 5.92 Å². The summed E-state index contributed by atoms with van der Waals surface area (Å²) in [6.45, 7) is 6.40. The molecule has 1 aliphatic rings. The molecule has 0 aromatic heterocycles. The van der Waals surface area contributed by atoms with Gasteiger partial charge >= 0.3 is 6.09 Å². The molecule has 3 aromatic rings. The third-order valence-corrected chi connectivity index (χ3v) is 6.53. The molecule has 0 radical (unpaired) electrons. The number of alkyl carbamates (subject to hydrolysis) is 1. The molecule has 5 heteroatoms. The van der Waals surface area contributed by atoms with Gasteiger partial charge < -0.3 is 20.0 Å². The van der Waals surface area contributed by atoms with Gasteiger partial charge in [0.1, 0.15) is 12.9 Å². The highest BCUT2D eigenvalue weighted by Gasteiger charge is 2.23. The first-order valence-corrected chi connectivity index (χ1v) is 13.5. The van der Waals surface area contributed by atoms with Crippen LogP contribution in [0.4, 0.5) is 4.79 Å². The van der Waals surface area contributed by atoms with Crippen LogP contribution in [0.5, 0.6) is 0 Å². The summed E-state index contributed by atoms with van der Waals surface area (Å²) in [7, 11) is 1.00. The molecule has 2 N–H and O–H groups in total. The van der Waals surface area contributed by atoms with Gasteiger partial charge in [0.25, 0.3) is 0 Å². The summed E-state index contributed by atoms with van der Waals surface area (Å²) in [5.74, 6) is 0.241. The number of hydrogen-bond donors (Lipinski definition) is 2. The average Bonchev–Trinajstić information content (AvgIpc) is 3.07. The van der Waals surface area contributed by atoms with Crippen molar-refractivity contribution >= 4 is 12.4 Å². The number of carbonyl (C=O) groups excluding carboxylic acids is 2. The highest BCUT2D eigenvalue weighted by molar-refractivity contribution is 5.69. The molecule has 0 fully saturated rings. The summed E-state index contributed by atoms with van der Waals surface area (Å²) in [6, 6.07) is 25.9. The number of benzene rings is 3. The topological polar surface area (TPSA) is 75.6 Å². The monoisotopic (exact) mass is 527 g/mol. The molecule has 1 amide bonds. The predicted octanol–water partition coefficient (Wildman–Crippen LogP) is 7.43. The molecule has 0 spiro atoms. The normalized spacial score (nSPS) is 18.0. The van der Waals surface area contributed by atoms with Crippen LogP contribution in [0.2, 0.25) is 0 Å². The highest BCUT2D eigenvalue weighted by atomic mass is 16.5. The molecular formula is C34H41NO4. The van der Waals surface area contributed by atoms with Crippen LogP contribution in [-0.4, -0.2) is 31.2 Å². The standard InChI is InChI=1S/C31H31NO3.C2H6.CH4O/c1-23-10-4-2-7-13-26-14-8-9-15-28(26)29(23)22-35-31(34)32-30(20-21-33)27-18-16-25(17-19-27)24-11-5-3-6-12-24;2*1-2/h2-12,14-19,21,23,29-30H,13,20,22H2,1H3,(H,32,34);1-2H3;2H,1H3/b7-2-,10-4-;;. The zero-order chi connectivity index (χ0) is 28.5. The van der Waals surface area contributed by atoms with E-state index in [0.717, 1.165) is 36.5 Å². The lowest BCUT2D eigenvalue weighted by Gasteiger charge is -2.25. The molecule has 0 heterocycles. The Hall–Kier alpha value is -3.96. The maximum atomic E-state index is 12.8. The van der Waals surface area contributed by atoms with E-state index < -0.39 is 12.1 Å². The number of aliphatic hydroxyl groups excluding tert-OH is 1. The van der Waals surface area contributed by atoms with Crippen LogP contribution in [-0.2, 0) is 16.0 Å². The van der Waals surface area contributed by atoms with Crippen LogP contribution < -0.4 is 5.32 Å². The van der Waals surface area contributed by atoms with E-state index in [4.69, 9.17) is 9.84 Å². The van der Waals surface area contributed by atoms with E-state index in [9.17, 15) is 9.59 Å². The highest BCUT2D eigenvalue weighted by Crippen LogP contribution is 2.30. The molecule has 39 heavy (non-hydrogen) atoms. The van der Waals surface area contributed by atoms with E-state index in [1.54, 1.807) is 0 Å². The Morgan fingerprint density at radius 1 is 0.949 bits per heavy atom. The summed E-state index contributed by atoms with van der Waals surface area (Å²) in [4.78, 5) is 24.1. The van der Waals surface area contributed by atoms with Crippen molar-refractivity contribution in [1.82, 2.24) is 5.32 Å². The zero-order valence-corrected chi connectivity index (χ0v) is 23.4. The second kappa shape index (κ2) is 17.5. The fourth-order valence-corrected chi connectivity index (χ4v) is 4.52. The van der Waals surface area contributed by atoms with E-state index >= 15 is 0 Å². The first-order chi connectivity index (χ1) is 19.2. The number of fused-ring (bicyclic) bond motifs is 1. The Bertz CT molecular complexity index is 1190. The van der Waals surface area contributed by atoms with Gasteiger partial charge in [-0.2, -0.15) is 0 Å². The molecule has 0 saturated heterocycles. The maximum Gasteiger partial charge on any atom is 0.407 e. The van der Waals surface area contributed by atoms with Gasteiger partial charge in [-0.05, 0) is 40.2 Å². The maximum absolute atomic E-state index is 12.8. The van der Waals surface area contributed by atoms with E-state index in [2.05, 4.69) is 60.8 Å². The van der Waals surface area contributed by atoms with Crippen molar-refractivity contribution < 1.29 is 19.4 Å². The number of allylic oxidation sites excluding steroid dienone is 4. The van der Waals surface area contributed by atoms with Crippen LogP contribution >= 0.6 is 0 Å². The Morgan fingerprint density at radius 3 is 2.28 bits per heavy atom. The second-order valence-corrected chi connectivity index (χ2v) is 8.87. The van der Waals surface area contributed by atoms with Crippen molar-refractivity contribution in [3.05, 3.63) is 120 Å². The molecular weight excluding hydrogens is 486 g/mol. The number of rotatable bonds is 7. The van der Waals surface area contributed by atoms with E-state index in [1.165, 1.54) is 11.1 Å². The second-order valence-electron chi connectivity index (χ2n) is 8.87. The summed E-state index contributed by atoms with van der Waals surface area (Å²) in [5, 5.41) is 9.89. The molecule has 3 atom stereocenters. The summed E-state index contributed by atoms with van der Waals surface area (Å²) in [5.41, 5.74) is 5.50. The summed E-state index contributed by atoms with van der Waals surface area (Å²) in [6.07, 6.45) is 9.74. The quantitative estimate of drug-likeness (QED) is 0.313. The number of aldehydes is 1. The van der Waals surface area contributed by atoms with Crippen molar-refractivity contribution in [2.45, 2.75) is 45.6 Å². The van der Waals surface area contributed by atoms with Gasteiger partial charge in [-0.15, -0.1) is 0 Å². The minimum Gasteiger partial charge on any atom is -0.449 e. The van der Waals surface area contributed by atoms with E-state index in [-0.39, 0.29) is 24.9 Å². The van der Waals surface area contributed by atoms with E-state index in [0.29, 0.717) is 0 Å². The van der Waals surface area contributed by atoms with Gasteiger partial charge in [0, 0.05) is 19.4 Å². The summed E-state index contributed by atoms with van der Waals surface area (Å²) >= 11 is 0. The molecule has 3 unspecified atom stereocenters. The van der Waals surface area contributed by atoms with Crippen LogP contribution in [0.3, 0.4) is 0 Å². The van der Waals surface area contributed by atoms with E-state index in [1.807, 2.05) is 68.4 Å². The fourth-order valence-electron chi connectivity index (χ4n) is 4.52. The lowest BCUT2D eigenvalue weighted by Crippen LogP contribution is -2.31. The number of aliphatic hydroxyl groups is 1. The van der Waals surface area contributed by atoms with Gasteiger partial charge in [-0.3, -0.25) is 0 Å². The molecule has 5 nitrogen and oxygen atoms in total. The number of carbonyl (C=O) groups is 2. The summed E-state index contributed by atoms with van der Waals surface area (Å²) < 4.78 is 5.72. The first-order valence-electron chi connectivity index (χ1n) is 13.5. The fraction of sp³-hybridized carbons (Fsp3) is 0.294. The smallest absolute Gasteiger partial charge is 0.407 e. The van der Waals surface area contributed by atoms with Crippen LogP contribution in [0.1, 0.15) is 55.8 Å². The molecule has 1 aliphatic carbocycles. The number of amides is 1. The van der Waals surface area contributed by atoms with Crippen molar-refractivity contribution in [3.8, 4) is 11.1 Å². The predicted molar refractivity (Wildman–Crippen MR) is 160 cm³/mol. The largest absolute Gasteiger partial charge is 0.449 e. The first kappa shape index (κ1) is 31.3. The van der Waals surface area contributed by atoms with Gasteiger partial charge in [-0.1, -0.05) is 124 Å². The Kier molecular flexibility index (Phi) is 14.1. The number of nitrogens with one attached hydrogen (secondary N) is 1. The molecule has 4 rings (SSSR count). The minimum absolute atomic E-state index is 0.0442. The Labute approximate surface area is 233 Å². The molecule has 206 valence electrons. The van der Waals surface area contributed by atoms with Gasteiger partial charge in [0.15, 0.2) is 0 Å². The molecule has 0 aliphatic heterocycles. The average molecular weight is 528 g/mol. The van der Waals surface area contributed by atoms with Gasteiger partial charge in [0.05, 0.1) is 6.04 Å². The third-order valence-electron chi connectivity index (χ3n) is 6.53. The van der Waals surface area contributed by atoms with Crippen molar-refractivity contribution in [3.63, 3.8) is 0 Å². The SMILES string of the molecule is CC.CC1/C=C\C=C/Cc2ccccc2C1COC(=O)NC(CC=O)c1ccc(-c2ccccc2)cc1.CO.